The Morgan fingerprint density at radius 2 is 0.943 bits per heavy atom. The standard InChI is InChI=1S/C33H23OP/c1-35(34)30-18-10-9-13-24(30)29-21-23(19-20-31(29)35)33-27-16-7-5-14-25(27)32(22-11-3-2-4-12-22)26-15-6-8-17-28(26)33/h2-21H,1H3. The fraction of sp³-hybridized carbons (Fsp3) is 0.0303. The molecule has 0 saturated heterocycles. The molecule has 0 radical (unpaired) electrons. The molecule has 0 N–H and O–H groups in total. The Labute approximate surface area is 205 Å². The summed E-state index contributed by atoms with van der Waals surface area (Å²) in [7, 11) is -2.58. The largest absolute Gasteiger partial charge is 0.314 e. The molecule has 6 aromatic rings. The highest BCUT2D eigenvalue weighted by Gasteiger charge is 2.34. The molecule has 1 nitrogen and oxygen atoms in total. The van der Waals surface area contributed by atoms with Crippen LogP contribution in [0.4, 0.5) is 0 Å². The first-order valence-corrected chi connectivity index (χ1v) is 14.1. The molecule has 0 aliphatic carbocycles. The van der Waals surface area contributed by atoms with Crippen LogP contribution in [0.3, 0.4) is 0 Å². The van der Waals surface area contributed by atoms with Crippen LogP contribution in [0, 0.1) is 0 Å². The van der Waals surface area contributed by atoms with E-state index in [9.17, 15) is 4.57 Å². The minimum atomic E-state index is -2.58. The zero-order chi connectivity index (χ0) is 23.6. The van der Waals surface area contributed by atoms with Crippen molar-refractivity contribution in [1.82, 2.24) is 0 Å². The molecule has 0 amide bonds. The van der Waals surface area contributed by atoms with Crippen molar-refractivity contribution in [3.8, 4) is 33.4 Å². The van der Waals surface area contributed by atoms with E-state index in [4.69, 9.17) is 0 Å². The SMILES string of the molecule is CP1(=O)c2ccccc2-c2cc(-c3c4ccccc4c(-c4ccccc4)c4ccccc34)ccc21. The number of benzene rings is 6. The van der Waals surface area contributed by atoms with Gasteiger partial charge in [-0.15, -0.1) is 0 Å². The summed E-state index contributed by atoms with van der Waals surface area (Å²) in [6.45, 7) is 1.90. The van der Waals surface area contributed by atoms with Crippen LogP contribution < -0.4 is 10.6 Å². The fourth-order valence-corrected chi connectivity index (χ4v) is 8.13. The van der Waals surface area contributed by atoms with Crippen LogP contribution in [0.1, 0.15) is 0 Å². The van der Waals surface area contributed by atoms with E-state index in [-0.39, 0.29) is 0 Å². The van der Waals surface area contributed by atoms with Gasteiger partial charge in [-0.3, -0.25) is 0 Å². The summed E-state index contributed by atoms with van der Waals surface area (Å²) in [5, 5.41) is 6.90. The third kappa shape index (κ3) is 2.92. The molecule has 2 heteroatoms. The molecule has 1 atom stereocenters. The van der Waals surface area contributed by atoms with Gasteiger partial charge in [-0.2, -0.15) is 0 Å². The highest BCUT2D eigenvalue weighted by molar-refractivity contribution is 7.79. The summed E-state index contributed by atoms with van der Waals surface area (Å²) in [4.78, 5) is 0. The third-order valence-corrected chi connectivity index (χ3v) is 10.0. The predicted octanol–water partition coefficient (Wildman–Crippen LogP) is 8.25. The zero-order valence-corrected chi connectivity index (χ0v) is 20.3. The topological polar surface area (TPSA) is 17.1 Å². The van der Waals surface area contributed by atoms with E-state index < -0.39 is 7.14 Å². The van der Waals surface area contributed by atoms with Gasteiger partial charge in [0.2, 0.25) is 0 Å². The van der Waals surface area contributed by atoms with E-state index >= 15 is 0 Å². The molecule has 0 spiro atoms. The minimum absolute atomic E-state index is 0.969. The van der Waals surface area contributed by atoms with Crippen molar-refractivity contribution in [2.24, 2.45) is 0 Å². The van der Waals surface area contributed by atoms with Gasteiger partial charge < -0.3 is 4.57 Å². The average molecular weight is 467 g/mol. The van der Waals surface area contributed by atoms with Gasteiger partial charge >= 0.3 is 0 Å². The molecule has 35 heavy (non-hydrogen) atoms. The van der Waals surface area contributed by atoms with E-state index in [1.54, 1.807) is 0 Å². The van der Waals surface area contributed by atoms with Crippen LogP contribution in [0.15, 0.2) is 121 Å². The molecule has 0 saturated carbocycles. The number of fused-ring (bicyclic) bond motifs is 5. The molecule has 1 aliphatic heterocycles. The van der Waals surface area contributed by atoms with Crippen molar-refractivity contribution in [2.75, 3.05) is 6.66 Å². The Morgan fingerprint density at radius 1 is 0.457 bits per heavy atom. The smallest absolute Gasteiger partial charge is 0.141 e. The predicted molar refractivity (Wildman–Crippen MR) is 151 cm³/mol. The van der Waals surface area contributed by atoms with E-state index in [0.717, 1.165) is 27.3 Å². The molecule has 0 bridgehead atoms. The molecule has 1 heterocycles. The average Bonchev–Trinajstić information content (AvgIpc) is 3.14. The summed E-state index contributed by atoms with van der Waals surface area (Å²) >= 11 is 0. The van der Waals surface area contributed by atoms with Gasteiger partial charge in [-0.25, -0.2) is 0 Å². The Hall–Kier alpha value is -3.93. The highest BCUT2D eigenvalue weighted by Crippen LogP contribution is 2.51. The van der Waals surface area contributed by atoms with Crippen LogP contribution in [-0.4, -0.2) is 6.66 Å². The second-order valence-corrected chi connectivity index (χ2v) is 12.2. The van der Waals surface area contributed by atoms with Crippen LogP contribution in [0.2, 0.25) is 0 Å². The monoisotopic (exact) mass is 466 g/mol. The summed E-state index contributed by atoms with van der Waals surface area (Å²) < 4.78 is 13.7. The molecule has 1 aliphatic rings. The van der Waals surface area contributed by atoms with Crippen LogP contribution in [0.25, 0.3) is 54.9 Å². The van der Waals surface area contributed by atoms with Gasteiger partial charge in [0.25, 0.3) is 0 Å². The number of hydrogen-bond acceptors (Lipinski definition) is 1. The molecule has 1 unspecified atom stereocenters. The second-order valence-electron chi connectivity index (χ2n) is 9.38. The number of hydrogen-bond donors (Lipinski definition) is 0. The van der Waals surface area contributed by atoms with Crippen LogP contribution in [-0.2, 0) is 4.57 Å². The van der Waals surface area contributed by atoms with Crippen molar-refractivity contribution in [3.63, 3.8) is 0 Å². The summed E-state index contributed by atoms with van der Waals surface area (Å²) in [6.07, 6.45) is 0. The van der Waals surface area contributed by atoms with Crippen molar-refractivity contribution in [2.45, 2.75) is 0 Å². The minimum Gasteiger partial charge on any atom is -0.314 e. The van der Waals surface area contributed by atoms with Gasteiger partial charge in [-0.05, 0) is 73.7 Å². The summed E-state index contributed by atoms with van der Waals surface area (Å²) in [6, 6.07) is 42.8. The van der Waals surface area contributed by atoms with Crippen LogP contribution >= 0.6 is 7.14 Å². The first-order valence-electron chi connectivity index (χ1n) is 12.0. The second kappa shape index (κ2) is 7.54. The van der Waals surface area contributed by atoms with Gasteiger partial charge in [0, 0.05) is 10.6 Å². The van der Waals surface area contributed by atoms with Gasteiger partial charge in [0.15, 0.2) is 0 Å². The highest BCUT2D eigenvalue weighted by atomic mass is 31.2. The first-order chi connectivity index (χ1) is 17.1. The first kappa shape index (κ1) is 20.4. The van der Waals surface area contributed by atoms with Crippen molar-refractivity contribution < 1.29 is 4.57 Å². The van der Waals surface area contributed by atoms with Crippen molar-refractivity contribution >= 4 is 39.3 Å². The molecule has 7 rings (SSSR count). The van der Waals surface area contributed by atoms with Crippen molar-refractivity contribution in [1.29, 1.82) is 0 Å². The third-order valence-electron chi connectivity index (χ3n) is 7.39. The Morgan fingerprint density at radius 3 is 1.57 bits per heavy atom. The normalized spacial score (nSPS) is 16.4. The maximum Gasteiger partial charge on any atom is 0.141 e. The molecular formula is C33H23OP. The molecule has 0 aromatic heterocycles. The van der Waals surface area contributed by atoms with Gasteiger partial charge in [0.1, 0.15) is 7.14 Å². The summed E-state index contributed by atoms with van der Waals surface area (Å²) in [5.74, 6) is 0. The van der Waals surface area contributed by atoms with E-state index in [1.807, 2.05) is 24.9 Å². The Kier molecular flexibility index (Phi) is 4.40. The maximum absolute atomic E-state index is 13.7. The number of rotatable bonds is 2. The molecule has 6 aromatic carbocycles. The lowest BCUT2D eigenvalue weighted by atomic mass is 9.85. The van der Waals surface area contributed by atoms with Crippen LogP contribution in [0.5, 0.6) is 0 Å². The Balaban J connectivity index is 1.59. The lowest BCUT2D eigenvalue weighted by Gasteiger charge is -2.18. The summed E-state index contributed by atoms with van der Waals surface area (Å²) in [5.41, 5.74) is 7.08. The fourth-order valence-electron chi connectivity index (χ4n) is 5.84. The molecular weight excluding hydrogens is 443 g/mol. The lowest BCUT2D eigenvalue weighted by molar-refractivity contribution is 0.591. The maximum atomic E-state index is 13.7. The van der Waals surface area contributed by atoms with Gasteiger partial charge in [0.05, 0.1) is 0 Å². The molecule has 0 fully saturated rings. The Bertz CT molecular complexity index is 1780. The van der Waals surface area contributed by atoms with E-state index in [0.29, 0.717) is 0 Å². The zero-order valence-electron chi connectivity index (χ0n) is 19.4. The molecule has 166 valence electrons. The lowest BCUT2D eigenvalue weighted by Crippen LogP contribution is -2.07. The van der Waals surface area contributed by atoms with Gasteiger partial charge in [-0.1, -0.05) is 109 Å². The van der Waals surface area contributed by atoms with E-state index in [1.165, 1.54) is 38.2 Å². The van der Waals surface area contributed by atoms with Crippen molar-refractivity contribution in [3.05, 3.63) is 121 Å². The van der Waals surface area contributed by atoms with E-state index in [2.05, 4.69) is 103 Å². The quantitative estimate of drug-likeness (QED) is 0.185.